The number of ether oxygens (including phenoxy) is 1. The highest BCUT2D eigenvalue weighted by molar-refractivity contribution is 7.89. The largest absolute Gasteiger partial charge is 0.483 e. The number of hydrogen-bond donors (Lipinski definition) is 1. The number of aryl methyl sites for hydroxylation is 2. The number of carbonyl (C=O) groups is 1. The summed E-state index contributed by atoms with van der Waals surface area (Å²) in [5.41, 5.74) is 3.70. The lowest BCUT2D eigenvalue weighted by Gasteiger charge is -2.16. The van der Waals surface area contributed by atoms with Crippen LogP contribution in [0.1, 0.15) is 22.3 Å². The fourth-order valence-corrected chi connectivity index (χ4v) is 3.75. The van der Waals surface area contributed by atoms with Crippen molar-refractivity contribution in [1.82, 2.24) is 9.62 Å². The van der Waals surface area contributed by atoms with E-state index in [0.717, 1.165) is 21.0 Å². The van der Waals surface area contributed by atoms with Crippen LogP contribution in [0.25, 0.3) is 0 Å². The Morgan fingerprint density at radius 1 is 1.11 bits per heavy atom. The maximum Gasteiger partial charge on any atom is 0.258 e. The normalized spacial score (nSPS) is 11.5. The van der Waals surface area contributed by atoms with Crippen LogP contribution < -0.4 is 10.1 Å². The Labute approximate surface area is 161 Å². The van der Waals surface area contributed by atoms with E-state index < -0.39 is 10.0 Å². The molecule has 0 spiro atoms. The smallest absolute Gasteiger partial charge is 0.258 e. The molecule has 1 N–H and O–H groups in total. The summed E-state index contributed by atoms with van der Waals surface area (Å²) in [6, 6.07) is 10.6. The number of hydrogen-bond acceptors (Lipinski definition) is 4. The van der Waals surface area contributed by atoms with Crippen molar-refractivity contribution in [2.24, 2.45) is 0 Å². The van der Waals surface area contributed by atoms with E-state index in [9.17, 15) is 13.2 Å². The molecule has 2 rings (SSSR count). The van der Waals surface area contributed by atoms with Crippen molar-refractivity contribution >= 4 is 15.9 Å². The zero-order valence-corrected chi connectivity index (χ0v) is 17.2. The summed E-state index contributed by atoms with van der Waals surface area (Å²) in [6.07, 6.45) is 0. The standard InChI is InChI=1S/C20H26N2O4S/c1-14-10-15(2)16(3)18(11-14)26-13-20(23)21-12-17-8-6-7-9-19(17)27(24,25)22(4)5/h6-11H,12-13H2,1-5H3,(H,21,23). The molecule has 0 radical (unpaired) electrons. The monoisotopic (exact) mass is 390 g/mol. The van der Waals surface area contributed by atoms with Crippen LogP contribution in [0.3, 0.4) is 0 Å². The molecule has 146 valence electrons. The van der Waals surface area contributed by atoms with Crippen LogP contribution in [0.2, 0.25) is 0 Å². The van der Waals surface area contributed by atoms with Crippen molar-refractivity contribution < 1.29 is 17.9 Å². The molecule has 0 heterocycles. The lowest BCUT2D eigenvalue weighted by atomic mass is 10.1. The van der Waals surface area contributed by atoms with Crippen molar-refractivity contribution in [2.75, 3.05) is 20.7 Å². The summed E-state index contributed by atoms with van der Waals surface area (Å²) in [6.45, 7) is 5.90. The Hall–Kier alpha value is -2.38. The first-order valence-electron chi connectivity index (χ1n) is 8.60. The van der Waals surface area contributed by atoms with Gasteiger partial charge in [-0.05, 0) is 55.2 Å². The number of benzene rings is 2. The number of rotatable bonds is 7. The molecule has 7 heteroatoms. The topological polar surface area (TPSA) is 75.7 Å². The number of amides is 1. The second-order valence-electron chi connectivity index (χ2n) is 6.67. The highest BCUT2D eigenvalue weighted by atomic mass is 32.2. The fourth-order valence-electron chi connectivity index (χ4n) is 2.64. The average Bonchev–Trinajstić information content (AvgIpc) is 2.61. The third-order valence-electron chi connectivity index (χ3n) is 4.33. The van der Waals surface area contributed by atoms with E-state index in [0.29, 0.717) is 11.3 Å². The molecule has 0 saturated heterocycles. The Balaban J connectivity index is 2.03. The fraction of sp³-hybridized carbons (Fsp3) is 0.350. The minimum atomic E-state index is -3.58. The van der Waals surface area contributed by atoms with Crippen molar-refractivity contribution in [2.45, 2.75) is 32.2 Å². The third kappa shape index (κ3) is 5.08. The molecule has 0 bridgehead atoms. The molecule has 6 nitrogen and oxygen atoms in total. The van der Waals surface area contributed by atoms with Gasteiger partial charge in [-0.15, -0.1) is 0 Å². The maximum atomic E-state index is 12.4. The Bertz CT molecular complexity index is 937. The van der Waals surface area contributed by atoms with Gasteiger partial charge in [-0.3, -0.25) is 4.79 Å². The van der Waals surface area contributed by atoms with Gasteiger partial charge in [-0.2, -0.15) is 0 Å². The predicted molar refractivity (Wildman–Crippen MR) is 105 cm³/mol. The summed E-state index contributed by atoms with van der Waals surface area (Å²) in [4.78, 5) is 12.4. The molecule has 27 heavy (non-hydrogen) atoms. The van der Waals surface area contributed by atoms with Crippen LogP contribution in [0.5, 0.6) is 5.75 Å². The van der Waals surface area contributed by atoms with Crippen molar-refractivity contribution in [3.63, 3.8) is 0 Å². The third-order valence-corrected chi connectivity index (χ3v) is 6.25. The first kappa shape index (κ1) is 20.9. The molecule has 0 aromatic heterocycles. The molecular formula is C20H26N2O4S. The summed E-state index contributed by atoms with van der Waals surface area (Å²) in [5.74, 6) is 0.365. The van der Waals surface area contributed by atoms with Gasteiger partial charge in [-0.25, -0.2) is 12.7 Å². The van der Waals surface area contributed by atoms with E-state index in [1.807, 2.05) is 26.8 Å². The van der Waals surface area contributed by atoms with Gasteiger partial charge in [0.25, 0.3) is 5.91 Å². The maximum absolute atomic E-state index is 12.4. The van der Waals surface area contributed by atoms with E-state index in [1.165, 1.54) is 20.2 Å². The molecule has 2 aromatic carbocycles. The van der Waals surface area contributed by atoms with Crippen LogP contribution in [-0.4, -0.2) is 39.3 Å². The quantitative estimate of drug-likeness (QED) is 0.788. The lowest BCUT2D eigenvalue weighted by Crippen LogP contribution is -2.30. The predicted octanol–water partition coefficient (Wildman–Crippen LogP) is 2.56. The highest BCUT2D eigenvalue weighted by Gasteiger charge is 2.20. The van der Waals surface area contributed by atoms with Crippen LogP contribution in [0, 0.1) is 20.8 Å². The van der Waals surface area contributed by atoms with Crippen LogP contribution >= 0.6 is 0 Å². The number of sulfonamides is 1. The zero-order chi connectivity index (χ0) is 20.2. The van der Waals surface area contributed by atoms with Gasteiger partial charge in [-0.1, -0.05) is 24.3 Å². The minimum Gasteiger partial charge on any atom is -0.483 e. The van der Waals surface area contributed by atoms with Gasteiger partial charge >= 0.3 is 0 Å². The summed E-state index contributed by atoms with van der Waals surface area (Å²) >= 11 is 0. The molecular weight excluding hydrogens is 364 g/mol. The van der Waals surface area contributed by atoms with Gasteiger partial charge < -0.3 is 10.1 Å². The number of nitrogens with zero attached hydrogens (tertiary/aromatic N) is 1. The molecule has 0 unspecified atom stereocenters. The average molecular weight is 391 g/mol. The van der Waals surface area contributed by atoms with Gasteiger partial charge in [0.05, 0.1) is 4.90 Å². The second-order valence-corrected chi connectivity index (χ2v) is 8.79. The van der Waals surface area contributed by atoms with E-state index >= 15 is 0 Å². The molecule has 0 aliphatic carbocycles. The van der Waals surface area contributed by atoms with Crippen LogP contribution in [0.15, 0.2) is 41.3 Å². The number of carbonyl (C=O) groups excluding carboxylic acids is 1. The first-order valence-corrected chi connectivity index (χ1v) is 10.0. The molecule has 0 atom stereocenters. The number of nitrogens with one attached hydrogen (secondary N) is 1. The summed E-state index contributed by atoms with van der Waals surface area (Å²) in [5, 5.41) is 2.72. The molecule has 0 aliphatic rings. The molecule has 2 aromatic rings. The molecule has 0 fully saturated rings. The van der Waals surface area contributed by atoms with Crippen molar-refractivity contribution in [1.29, 1.82) is 0 Å². The zero-order valence-electron chi connectivity index (χ0n) is 16.4. The Morgan fingerprint density at radius 2 is 1.78 bits per heavy atom. The van der Waals surface area contributed by atoms with Gasteiger partial charge in [0, 0.05) is 20.6 Å². The summed E-state index contributed by atoms with van der Waals surface area (Å²) in [7, 11) is -0.621. The Kier molecular flexibility index (Phi) is 6.62. The molecule has 0 saturated carbocycles. The van der Waals surface area contributed by atoms with Crippen LogP contribution in [0.4, 0.5) is 0 Å². The van der Waals surface area contributed by atoms with Gasteiger partial charge in [0.2, 0.25) is 10.0 Å². The first-order chi connectivity index (χ1) is 12.6. The van der Waals surface area contributed by atoms with Gasteiger partial charge in [0.15, 0.2) is 6.61 Å². The van der Waals surface area contributed by atoms with Crippen molar-refractivity contribution in [3.05, 3.63) is 58.7 Å². The van der Waals surface area contributed by atoms with E-state index in [2.05, 4.69) is 11.4 Å². The van der Waals surface area contributed by atoms with E-state index in [4.69, 9.17) is 4.74 Å². The second kappa shape index (κ2) is 8.54. The van der Waals surface area contributed by atoms with Crippen molar-refractivity contribution in [3.8, 4) is 5.75 Å². The highest BCUT2D eigenvalue weighted by Crippen LogP contribution is 2.23. The minimum absolute atomic E-state index is 0.108. The van der Waals surface area contributed by atoms with E-state index in [-0.39, 0.29) is 24.0 Å². The SMILES string of the molecule is Cc1cc(C)c(C)c(OCC(=O)NCc2ccccc2S(=O)(=O)N(C)C)c1. The molecule has 0 aliphatic heterocycles. The summed E-state index contributed by atoms with van der Waals surface area (Å²) < 4.78 is 31.6. The molecule has 1 amide bonds. The Morgan fingerprint density at radius 3 is 2.44 bits per heavy atom. The van der Waals surface area contributed by atoms with Gasteiger partial charge in [0.1, 0.15) is 5.75 Å². The lowest BCUT2D eigenvalue weighted by molar-refractivity contribution is -0.123. The van der Waals surface area contributed by atoms with Crippen LogP contribution in [-0.2, 0) is 21.4 Å². The van der Waals surface area contributed by atoms with E-state index in [1.54, 1.807) is 18.2 Å².